The molecule has 3 rings (SSSR count). The average Bonchev–Trinajstić information content (AvgIpc) is 3.04. The van der Waals surface area contributed by atoms with E-state index in [2.05, 4.69) is 86.6 Å². The van der Waals surface area contributed by atoms with Gasteiger partial charge in [-0.3, -0.25) is 0 Å². The van der Waals surface area contributed by atoms with Crippen LogP contribution in [0.5, 0.6) is 0 Å². The van der Waals surface area contributed by atoms with E-state index < -0.39 is 0 Å². The normalized spacial score (nSPS) is 11.2. The molecule has 0 unspecified atom stereocenters. The molecule has 1 heterocycles. The zero-order chi connectivity index (χ0) is 17.6. The second-order valence-electron chi connectivity index (χ2n) is 6.42. The number of aromatic amines is 1. The van der Waals surface area contributed by atoms with Crippen LogP contribution in [0.25, 0.3) is 11.3 Å². The SMILES string of the molecule is CN(C)Cc1cccc(CNCc2ncc(-c3cccc(Br)c3)[nH]2)c1. The Morgan fingerprint density at radius 2 is 1.84 bits per heavy atom. The van der Waals surface area contributed by atoms with Gasteiger partial charge in [0, 0.05) is 23.1 Å². The van der Waals surface area contributed by atoms with E-state index in [9.17, 15) is 0 Å². The molecule has 0 radical (unpaired) electrons. The number of benzene rings is 2. The lowest BCUT2D eigenvalue weighted by Gasteiger charge is -2.11. The van der Waals surface area contributed by atoms with Crippen LogP contribution in [-0.2, 0) is 19.6 Å². The number of H-pyrrole nitrogens is 1. The topological polar surface area (TPSA) is 44.0 Å². The maximum absolute atomic E-state index is 4.47. The van der Waals surface area contributed by atoms with Gasteiger partial charge in [0.15, 0.2) is 0 Å². The number of aromatic nitrogens is 2. The third-order valence-electron chi connectivity index (χ3n) is 3.88. The molecule has 0 aliphatic rings. The molecule has 4 nitrogen and oxygen atoms in total. The molecule has 2 aromatic carbocycles. The molecule has 0 saturated carbocycles. The number of nitrogens with one attached hydrogen (secondary N) is 2. The van der Waals surface area contributed by atoms with Crippen molar-refractivity contribution in [3.05, 3.63) is 76.2 Å². The van der Waals surface area contributed by atoms with Gasteiger partial charge in [0.1, 0.15) is 5.82 Å². The molecule has 0 atom stereocenters. The standard InChI is InChI=1S/C20H23BrN4/c1-25(2)14-16-6-3-5-15(9-16)11-22-13-20-23-12-19(24-20)17-7-4-8-18(21)10-17/h3-10,12,22H,11,13-14H2,1-2H3,(H,23,24). The highest BCUT2D eigenvalue weighted by atomic mass is 79.9. The molecule has 25 heavy (non-hydrogen) atoms. The number of halogens is 1. The predicted octanol–water partition coefficient (Wildman–Crippen LogP) is 4.19. The van der Waals surface area contributed by atoms with Gasteiger partial charge >= 0.3 is 0 Å². The quantitative estimate of drug-likeness (QED) is 0.626. The van der Waals surface area contributed by atoms with Gasteiger partial charge in [0.25, 0.3) is 0 Å². The predicted molar refractivity (Wildman–Crippen MR) is 106 cm³/mol. The lowest BCUT2D eigenvalue weighted by Crippen LogP contribution is -2.14. The summed E-state index contributed by atoms with van der Waals surface area (Å²) in [4.78, 5) is 10.0. The summed E-state index contributed by atoms with van der Waals surface area (Å²) in [5.41, 5.74) is 4.79. The van der Waals surface area contributed by atoms with Gasteiger partial charge in [0.05, 0.1) is 18.4 Å². The Hall–Kier alpha value is -1.95. The summed E-state index contributed by atoms with van der Waals surface area (Å²) in [7, 11) is 4.18. The van der Waals surface area contributed by atoms with Crippen LogP contribution in [0, 0.1) is 0 Å². The van der Waals surface area contributed by atoms with Crippen LogP contribution in [0.3, 0.4) is 0 Å². The van der Waals surface area contributed by atoms with Crippen LogP contribution in [0.15, 0.2) is 59.2 Å². The molecule has 0 amide bonds. The summed E-state index contributed by atoms with van der Waals surface area (Å²) in [6, 6.07) is 16.9. The number of hydrogen-bond donors (Lipinski definition) is 2. The van der Waals surface area contributed by atoms with Gasteiger partial charge in [-0.2, -0.15) is 0 Å². The van der Waals surface area contributed by atoms with Crippen LogP contribution in [0.2, 0.25) is 0 Å². The number of nitrogens with zero attached hydrogens (tertiary/aromatic N) is 2. The van der Waals surface area contributed by atoms with Crippen molar-refractivity contribution in [2.45, 2.75) is 19.6 Å². The number of hydrogen-bond acceptors (Lipinski definition) is 3. The van der Waals surface area contributed by atoms with E-state index in [-0.39, 0.29) is 0 Å². The van der Waals surface area contributed by atoms with Gasteiger partial charge in [-0.15, -0.1) is 0 Å². The highest BCUT2D eigenvalue weighted by Crippen LogP contribution is 2.21. The molecule has 0 aliphatic carbocycles. The third-order valence-corrected chi connectivity index (χ3v) is 4.37. The number of rotatable bonds is 7. The fraction of sp³-hybridized carbons (Fsp3) is 0.250. The van der Waals surface area contributed by atoms with Crippen molar-refractivity contribution in [3.63, 3.8) is 0 Å². The van der Waals surface area contributed by atoms with E-state index >= 15 is 0 Å². The van der Waals surface area contributed by atoms with E-state index in [0.717, 1.165) is 34.6 Å². The number of imidazole rings is 1. The minimum absolute atomic E-state index is 0.714. The molecule has 0 spiro atoms. The molecule has 130 valence electrons. The highest BCUT2D eigenvalue weighted by Gasteiger charge is 2.04. The summed E-state index contributed by atoms with van der Waals surface area (Å²) >= 11 is 3.50. The van der Waals surface area contributed by atoms with Crippen molar-refractivity contribution in [1.29, 1.82) is 0 Å². The summed E-state index contributed by atoms with van der Waals surface area (Å²) in [5.74, 6) is 0.944. The fourth-order valence-corrected chi connectivity index (χ4v) is 3.18. The van der Waals surface area contributed by atoms with Crippen molar-refractivity contribution < 1.29 is 0 Å². The second-order valence-corrected chi connectivity index (χ2v) is 7.33. The zero-order valence-electron chi connectivity index (χ0n) is 14.6. The lowest BCUT2D eigenvalue weighted by atomic mass is 10.1. The molecule has 2 N–H and O–H groups in total. The summed E-state index contributed by atoms with van der Waals surface area (Å²) in [5, 5.41) is 3.46. The average molecular weight is 399 g/mol. The first kappa shape index (κ1) is 17.9. The zero-order valence-corrected chi connectivity index (χ0v) is 16.2. The van der Waals surface area contributed by atoms with Crippen LogP contribution >= 0.6 is 15.9 Å². The lowest BCUT2D eigenvalue weighted by molar-refractivity contribution is 0.402. The Balaban J connectivity index is 1.56. The Bertz CT molecular complexity index is 826. The maximum Gasteiger partial charge on any atom is 0.120 e. The molecule has 0 aliphatic heterocycles. The van der Waals surface area contributed by atoms with Gasteiger partial charge in [0.2, 0.25) is 0 Å². The molecule has 1 aromatic heterocycles. The molecule has 0 bridgehead atoms. The summed E-state index contributed by atoms with van der Waals surface area (Å²) in [6.45, 7) is 2.50. The smallest absolute Gasteiger partial charge is 0.120 e. The largest absolute Gasteiger partial charge is 0.341 e. The molecule has 0 fully saturated rings. The molecular weight excluding hydrogens is 376 g/mol. The van der Waals surface area contributed by atoms with Gasteiger partial charge in [-0.1, -0.05) is 52.3 Å². The summed E-state index contributed by atoms with van der Waals surface area (Å²) < 4.78 is 1.07. The minimum atomic E-state index is 0.714. The van der Waals surface area contributed by atoms with Gasteiger partial charge in [-0.25, -0.2) is 4.98 Å². The Morgan fingerprint density at radius 1 is 1.04 bits per heavy atom. The minimum Gasteiger partial charge on any atom is -0.341 e. The van der Waals surface area contributed by atoms with Gasteiger partial charge < -0.3 is 15.2 Å². The second kappa shape index (κ2) is 8.43. The maximum atomic E-state index is 4.47. The van der Waals surface area contributed by atoms with E-state index in [1.54, 1.807) is 0 Å². The first-order valence-corrected chi connectivity index (χ1v) is 9.12. The van der Waals surface area contributed by atoms with Crippen molar-refractivity contribution in [2.75, 3.05) is 14.1 Å². The molecular formula is C20H23BrN4. The molecule has 5 heteroatoms. The highest BCUT2D eigenvalue weighted by molar-refractivity contribution is 9.10. The monoisotopic (exact) mass is 398 g/mol. The van der Waals surface area contributed by atoms with Crippen LogP contribution < -0.4 is 5.32 Å². The molecule has 3 aromatic rings. The van der Waals surface area contributed by atoms with Crippen molar-refractivity contribution >= 4 is 15.9 Å². The summed E-state index contributed by atoms with van der Waals surface area (Å²) in [6.07, 6.45) is 1.89. The van der Waals surface area contributed by atoms with Crippen molar-refractivity contribution in [2.24, 2.45) is 0 Å². The Morgan fingerprint density at radius 3 is 2.64 bits per heavy atom. The van der Waals surface area contributed by atoms with Crippen molar-refractivity contribution in [3.8, 4) is 11.3 Å². The van der Waals surface area contributed by atoms with E-state index in [4.69, 9.17) is 0 Å². The van der Waals surface area contributed by atoms with Crippen molar-refractivity contribution in [1.82, 2.24) is 20.2 Å². The Kier molecular flexibility index (Phi) is 6.02. The molecule has 0 saturated heterocycles. The Labute approximate surface area is 157 Å². The van der Waals surface area contributed by atoms with Crippen LogP contribution in [-0.4, -0.2) is 29.0 Å². The van der Waals surface area contributed by atoms with Crippen LogP contribution in [0.4, 0.5) is 0 Å². The fourth-order valence-electron chi connectivity index (χ4n) is 2.78. The van der Waals surface area contributed by atoms with Crippen LogP contribution in [0.1, 0.15) is 17.0 Å². The first-order chi connectivity index (χ1) is 12.1. The van der Waals surface area contributed by atoms with E-state index in [1.807, 2.05) is 18.3 Å². The van der Waals surface area contributed by atoms with E-state index in [1.165, 1.54) is 11.1 Å². The van der Waals surface area contributed by atoms with Gasteiger partial charge in [-0.05, 0) is 37.4 Å². The first-order valence-electron chi connectivity index (χ1n) is 8.33. The third kappa shape index (κ3) is 5.26. The van der Waals surface area contributed by atoms with E-state index in [0.29, 0.717) is 6.54 Å².